The predicted molar refractivity (Wildman–Crippen MR) is 155 cm³/mol. The van der Waals surface area contributed by atoms with Crippen molar-refractivity contribution in [3.8, 4) is 5.69 Å². The summed E-state index contributed by atoms with van der Waals surface area (Å²) in [6.07, 6.45) is 1.43. The monoisotopic (exact) mass is 599 g/mol. The lowest BCUT2D eigenvalue weighted by atomic mass is 10.2. The number of aryl methyl sites for hydroxylation is 1. The van der Waals surface area contributed by atoms with Crippen molar-refractivity contribution in [1.29, 1.82) is 0 Å². The van der Waals surface area contributed by atoms with E-state index in [0.717, 1.165) is 27.8 Å². The maximum absolute atomic E-state index is 13.5. The number of benzene rings is 3. The minimum absolute atomic E-state index is 0.154. The van der Waals surface area contributed by atoms with Crippen molar-refractivity contribution in [1.82, 2.24) is 9.99 Å². The molecule has 4 rings (SSSR count). The lowest BCUT2D eigenvalue weighted by molar-refractivity contribution is -0.387. The summed E-state index contributed by atoms with van der Waals surface area (Å²) < 4.78 is 29.8. The first-order valence-electron chi connectivity index (χ1n) is 11.8. The van der Waals surface area contributed by atoms with E-state index in [9.17, 15) is 23.3 Å². The van der Waals surface area contributed by atoms with Gasteiger partial charge in [-0.15, -0.1) is 0 Å². The number of nitrogens with zero attached hydrogens (tertiary/aromatic N) is 4. The molecule has 40 heavy (non-hydrogen) atoms. The van der Waals surface area contributed by atoms with Crippen LogP contribution < -0.4 is 9.73 Å². The predicted octanol–water partition coefficient (Wildman–Crippen LogP) is 5.65. The highest BCUT2D eigenvalue weighted by Crippen LogP contribution is 2.32. The summed E-state index contributed by atoms with van der Waals surface area (Å²) in [4.78, 5) is 23.1. The van der Waals surface area contributed by atoms with E-state index in [1.165, 1.54) is 30.5 Å². The van der Waals surface area contributed by atoms with Crippen molar-refractivity contribution in [3.63, 3.8) is 0 Å². The van der Waals surface area contributed by atoms with Gasteiger partial charge in [0.2, 0.25) is 0 Å². The first kappa shape index (κ1) is 28.8. The number of nitro groups is 1. The molecule has 10 nitrogen and oxygen atoms in total. The minimum Gasteiger partial charge on any atom is -0.316 e. The first-order chi connectivity index (χ1) is 19.0. The summed E-state index contributed by atoms with van der Waals surface area (Å²) in [6.45, 7) is 3.06. The Hall–Kier alpha value is -4.19. The molecule has 1 amide bonds. The SMILES string of the molecule is Cc1cc(/C=N/NC(=O)CN(c2ccccc2)S(=O)(=O)c2ccccc2[N+](=O)[O-])c(C)n1-c1cccc(Cl)c1Cl. The standard InChI is InChI=1S/C27H23Cl2N5O5S/c1-18-15-20(19(2)33(18)24-13-8-11-22(28)27(24)29)16-30-31-26(35)17-32(21-9-4-3-5-10-21)40(38,39)25-14-7-6-12-23(25)34(36)37/h3-16H,17H2,1-2H3,(H,31,35)/b30-16+. The molecule has 0 saturated heterocycles. The second-order valence-corrected chi connectivity index (χ2v) is 11.2. The van der Waals surface area contributed by atoms with Gasteiger partial charge in [-0.25, -0.2) is 13.8 Å². The van der Waals surface area contributed by atoms with Gasteiger partial charge < -0.3 is 4.57 Å². The third-order valence-electron chi connectivity index (χ3n) is 6.00. The Kier molecular flexibility index (Phi) is 8.58. The number of anilines is 1. The van der Waals surface area contributed by atoms with Gasteiger partial charge in [0.25, 0.3) is 21.6 Å². The number of hydrogen-bond acceptors (Lipinski definition) is 6. The summed E-state index contributed by atoms with van der Waals surface area (Å²) in [5, 5.41) is 16.3. The molecule has 0 atom stereocenters. The van der Waals surface area contributed by atoms with E-state index in [-0.39, 0.29) is 5.69 Å². The smallest absolute Gasteiger partial charge is 0.289 e. The molecule has 4 aromatic rings. The van der Waals surface area contributed by atoms with Crippen LogP contribution in [-0.4, -0.2) is 36.6 Å². The van der Waals surface area contributed by atoms with Crippen molar-refractivity contribution in [2.45, 2.75) is 18.7 Å². The maximum Gasteiger partial charge on any atom is 0.289 e. The molecule has 1 N–H and O–H groups in total. The molecule has 206 valence electrons. The molecule has 0 aliphatic carbocycles. The largest absolute Gasteiger partial charge is 0.316 e. The van der Waals surface area contributed by atoms with E-state index in [0.29, 0.717) is 21.3 Å². The molecule has 0 bridgehead atoms. The van der Waals surface area contributed by atoms with Crippen LogP contribution in [0, 0.1) is 24.0 Å². The first-order valence-corrected chi connectivity index (χ1v) is 14.0. The Morgan fingerprint density at radius 1 is 1.05 bits per heavy atom. The Morgan fingerprint density at radius 2 is 1.73 bits per heavy atom. The zero-order chi connectivity index (χ0) is 29.0. The van der Waals surface area contributed by atoms with Gasteiger partial charge in [0.05, 0.1) is 32.6 Å². The summed E-state index contributed by atoms with van der Waals surface area (Å²) in [6, 6.07) is 19.9. The highest BCUT2D eigenvalue weighted by Gasteiger charge is 2.33. The van der Waals surface area contributed by atoms with Crippen LogP contribution in [0.1, 0.15) is 17.0 Å². The third kappa shape index (κ3) is 5.86. The molecular weight excluding hydrogens is 577 g/mol. The van der Waals surface area contributed by atoms with Crippen molar-refractivity contribution in [2.75, 3.05) is 10.8 Å². The number of hydrazone groups is 1. The van der Waals surface area contributed by atoms with Crippen LogP contribution in [0.15, 0.2) is 88.9 Å². The van der Waals surface area contributed by atoms with Crippen molar-refractivity contribution >= 4 is 56.7 Å². The highest BCUT2D eigenvalue weighted by molar-refractivity contribution is 7.93. The Balaban J connectivity index is 1.59. The number of carbonyl (C=O) groups excluding carboxylic acids is 1. The average Bonchev–Trinajstić information content (AvgIpc) is 3.21. The van der Waals surface area contributed by atoms with Gasteiger partial charge >= 0.3 is 0 Å². The quantitative estimate of drug-likeness (QED) is 0.151. The van der Waals surface area contributed by atoms with Gasteiger partial charge in [0, 0.05) is 23.0 Å². The third-order valence-corrected chi connectivity index (χ3v) is 8.63. The van der Waals surface area contributed by atoms with Crippen LogP contribution in [0.3, 0.4) is 0 Å². The lowest BCUT2D eigenvalue weighted by Gasteiger charge is -2.23. The molecule has 0 fully saturated rings. The van der Waals surface area contributed by atoms with Crippen LogP contribution in [0.5, 0.6) is 0 Å². The molecule has 0 radical (unpaired) electrons. The topological polar surface area (TPSA) is 127 Å². The molecule has 0 unspecified atom stereocenters. The van der Waals surface area contributed by atoms with Gasteiger partial charge in [-0.3, -0.25) is 19.2 Å². The van der Waals surface area contributed by atoms with Crippen molar-refractivity contribution in [2.24, 2.45) is 5.10 Å². The van der Waals surface area contributed by atoms with Gasteiger partial charge in [0.1, 0.15) is 6.54 Å². The second kappa shape index (κ2) is 11.9. The molecule has 0 spiro atoms. The van der Waals surface area contributed by atoms with Crippen LogP contribution in [0.2, 0.25) is 10.0 Å². The number of halogens is 2. The zero-order valence-corrected chi connectivity index (χ0v) is 23.6. The molecule has 1 aromatic heterocycles. The molecule has 0 aliphatic rings. The van der Waals surface area contributed by atoms with Crippen LogP contribution >= 0.6 is 23.2 Å². The summed E-state index contributed by atoms with van der Waals surface area (Å²) >= 11 is 12.6. The summed E-state index contributed by atoms with van der Waals surface area (Å²) in [5.41, 5.74) is 4.89. The average molecular weight is 600 g/mol. The number of aromatic nitrogens is 1. The number of hydrogen-bond donors (Lipinski definition) is 1. The highest BCUT2D eigenvalue weighted by atomic mass is 35.5. The van der Waals surface area contributed by atoms with Crippen molar-refractivity contribution in [3.05, 3.63) is 116 Å². The number of para-hydroxylation sites is 2. The Morgan fingerprint density at radius 3 is 2.42 bits per heavy atom. The van der Waals surface area contributed by atoms with E-state index in [2.05, 4.69) is 10.5 Å². The van der Waals surface area contributed by atoms with Crippen LogP contribution in [0.25, 0.3) is 5.69 Å². The minimum atomic E-state index is -4.50. The number of nitrogens with one attached hydrogen (secondary N) is 1. The molecule has 0 saturated carbocycles. The van der Waals surface area contributed by atoms with Crippen LogP contribution in [-0.2, 0) is 14.8 Å². The lowest BCUT2D eigenvalue weighted by Crippen LogP contribution is -2.39. The zero-order valence-electron chi connectivity index (χ0n) is 21.3. The second-order valence-electron chi connectivity index (χ2n) is 8.60. The Labute approximate surface area is 240 Å². The van der Waals surface area contributed by atoms with Gasteiger partial charge in [-0.2, -0.15) is 5.10 Å². The molecule has 13 heteroatoms. The van der Waals surface area contributed by atoms with E-state index >= 15 is 0 Å². The van der Waals surface area contributed by atoms with E-state index < -0.39 is 38.0 Å². The fraction of sp³-hybridized carbons (Fsp3) is 0.111. The molecular formula is C27H23Cl2N5O5S. The van der Waals surface area contributed by atoms with Gasteiger partial charge in [0.15, 0.2) is 4.90 Å². The van der Waals surface area contributed by atoms with E-state index in [4.69, 9.17) is 23.2 Å². The molecule has 3 aromatic carbocycles. The van der Waals surface area contributed by atoms with E-state index in [1.54, 1.807) is 30.3 Å². The normalized spacial score (nSPS) is 11.5. The van der Waals surface area contributed by atoms with Crippen molar-refractivity contribution < 1.29 is 18.1 Å². The number of sulfonamides is 1. The summed E-state index contributed by atoms with van der Waals surface area (Å²) in [7, 11) is -4.50. The maximum atomic E-state index is 13.5. The number of carbonyl (C=O) groups is 1. The Bertz CT molecular complexity index is 1720. The van der Waals surface area contributed by atoms with Crippen LogP contribution in [0.4, 0.5) is 11.4 Å². The van der Waals surface area contributed by atoms with E-state index in [1.807, 2.05) is 30.5 Å². The van der Waals surface area contributed by atoms with Gasteiger partial charge in [-0.1, -0.05) is 59.6 Å². The number of amides is 1. The fourth-order valence-electron chi connectivity index (χ4n) is 4.15. The fourth-order valence-corrected chi connectivity index (χ4v) is 6.11. The number of rotatable bonds is 9. The number of nitro benzene ring substituents is 1. The van der Waals surface area contributed by atoms with Gasteiger partial charge in [-0.05, 0) is 50.2 Å². The molecule has 0 aliphatic heterocycles. The summed E-state index contributed by atoms with van der Waals surface area (Å²) in [5.74, 6) is -0.756. The molecule has 1 heterocycles.